The maximum Gasteiger partial charge on any atom is 0.350 e. The van der Waals surface area contributed by atoms with Gasteiger partial charge in [0, 0.05) is 15.6 Å². The van der Waals surface area contributed by atoms with Crippen molar-refractivity contribution >= 4 is 38.9 Å². The Kier molecular flexibility index (Phi) is 3.34. The average molecular weight is 263 g/mol. The highest BCUT2D eigenvalue weighted by molar-refractivity contribution is 7.21. The van der Waals surface area contributed by atoms with Gasteiger partial charge in [-0.2, -0.15) is 0 Å². The van der Waals surface area contributed by atoms with Crippen LogP contribution in [-0.2, 0) is 4.74 Å². The number of fused-ring (bicyclic) bond motifs is 1. The lowest BCUT2D eigenvalue weighted by Crippen LogP contribution is -2.04. The zero-order valence-electron chi connectivity index (χ0n) is 10.1. The van der Waals surface area contributed by atoms with E-state index in [2.05, 4.69) is 0 Å². The fourth-order valence-electron chi connectivity index (χ4n) is 1.68. The van der Waals surface area contributed by atoms with Crippen molar-refractivity contribution in [1.29, 1.82) is 0 Å². The summed E-state index contributed by atoms with van der Waals surface area (Å²) in [7, 11) is 0. The van der Waals surface area contributed by atoms with E-state index in [0.29, 0.717) is 22.7 Å². The van der Waals surface area contributed by atoms with Gasteiger partial charge in [0.2, 0.25) is 0 Å². The minimum absolute atomic E-state index is 0.0124. The molecule has 0 bridgehead atoms. The molecule has 18 heavy (non-hydrogen) atoms. The van der Waals surface area contributed by atoms with E-state index in [1.807, 2.05) is 0 Å². The number of nitrogen functional groups attached to an aromatic ring is 1. The number of carbonyl (C=O) groups excluding carboxylic acids is 2. The molecule has 0 saturated carbocycles. The predicted octanol–water partition coefficient (Wildman–Crippen LogP) is 2.86. The Morgan fingerprint density at radius 2 is 2.11 bits per heavy atom. The fraction of sp³-hybridized carbons (Fsp3) is 0.231. The molecule has 2 aromatic rings. The summed E-state index contributed by atoms with van der Waals surface area (Å²) in [5.41, 5.74) is 6.95. The van der Waals surface area contributed by atoms with E-state index in [9.17, 15) is 9.59 Å². The summed E-state index contributed by atoms with van der Waals surface area (Å²) < 4.78 is 5.76. The lowest BCUT2D eigenvalue weighted by Gasteiger charge is -1.99. The van der Waals surface area contributed by atoms with Crippen LogP contribution in [-0.4, -0.2) is 18.4 Å². The number of hydrogen-bond donors (Lipinski definition) is 1. The number of anilines is 1. The number of esters is 1. The van der Waals surface area contributed by atoms with E-state index >= 15 is 0 Å². The molecule has 0 atom stereocenters. The molecule has 2 rings (SSSR count). The highest BCUT2D eigenvalue weighted by Crippen LogP contribution is 2.34. The van der Waals surface area contributed by atoms with Gasteiger partial charge < -0.3 is 10.5 Å². The number of ketones is 1. The zero-order valence-corrected chi connectivity index (χ0v) is 11.0. The monoisotopic (exact) mass is 263 g/mol. The van der Waals surface area contributed by atoms with Crippen molar-refractivity contribution in [1.82, 2.24) is 0 Å². The van der Waals surface area contributed by atoms with Crippen molar-refractivity contribution in [3.63, 3.8) is 0 Å². The standard InChI is InChI=1S/C13H13NO3S/c1-3-17-13(16)12-11(14)9-5-4-8(7(2)15)6-10(9)18-12/h4-6H,3,14H2,1-2H3. The molecular weight excluding hydrogens is 250 g/mol. The van der Waals surface area contributed by atoms with Gasteiger partial charge in [0.05, 0.1) is 12.3 Å². The van der Waals surface area contributed by atoms with Gasteiger partial charge in [0.15, 0.2) is 5.78 Å². The van der Waals surface area contributed by atoms with Crippen LogP contribution in [0.1, 0.15) is 33.9 Å². The number of Topliss-reactive ketones (excluding diaryl/α,β-unsaturated/α-hetero) is 1. The lowest BCUT2D eigenvalue weighted by molar-refractivity contribution is 0.0533. The first-order chi connectivity index (χ1) is 8.54. The second-order valence-electron chi connectivity index (χ2n) is 3.83. The molecule has 0 spiro atoms. The SMILES string of the molecule is CCOC(=O)c1sc2cc(C(C)=O)ccc2c1N. The van der Waals surface area contributed by atoms with Crippen LogP contribution in [0.4, 0.5) is 5.69 Å². The predicted molar refractivity (Wildman–Crippen MR) is 72.2 cm³/mol. The summed E-state index contributed by atoms with van der Waals surface area (Å²) in [6.45, 7) is 3.56. The maximum absolute atomic E-state index is 11.7. The average Bonchev–Trinajstić information content (AvgIpc) is 2.66. The number of benzene rings is 1. The van der Waals surface area contributed by atoms with Crippen molar-refractivity contribution in [2.45, 2.75) is 13.8 Å². The minimum atomic E-state index is -0.416. The zero-order chi connectivity index (χ0) is 13.3. The molecule has 2 N–H and O–H groups in total. The smallest absolute Gasteiger partial charge is 0.350 e. The number of hydrogen-bond acceptors (Lipinski definition) is 5. The first-order valence-corrected chi connectivity index (χ1v) is 6.36. The molecule has 0 unspecified atom stereocenters. The molecule has 4 nitrogen and oxygen atoms in total. The molecular formula is C13H13NO3S. The highest BCUT2D eigenvalue weighted by atomic mass is 32.1. The molecule has 0 aliphatic carbocycles. The second-order valence-corrected chi connectivity index (χ2v) is 4.88. The molecule has 0 amide bonds. The van der Waals surface area contributed by atoms with E-state index in [1.165, 1.54) is 18.3 Å². The van der Waals surface area contributed by atoms with E-state index in [0.717, 1.165) is 10.1 Å². The summed E-state index contributed by atoms with van der Waals surface area (Å²) in [6.07, 6.45) is 0. The Balaban J connectivity index is 2.55. The van der Waals surface area contributed by atoms with Gasteiger partial charge in [0.25, 0.3) is 0 Å². The largest absolute Gasteiger partial charge is 0.462 e. The van der Waals surface area contributed by atoms with Crippen LogP contribution in [0.5, 0.6) is 0 Å². The van der Waals surface area contributed by atoms with Crippen LogP contribution in [0.15, 0.2) is 18.2 Å². The molecule has 0 aliphatic heterocycles. The third-order valence-electron chi connectivity index (χ3n) is 2.60. The Bertz CT molecular complexity index is 630. The Hall–Kier alpha value is -1.88. The van der Waals surface area contributed by atoms with Crippen molar-refractivity contribution < 1.29 is 14.3 Å². The molecule has 94 valence electrons. The van der Waals surface area contributed by atoms with Gasteiger partial charge in [0.1, 0.15) is 4.88 Å². The summed E-state index contributed by atoms with van der Waals surface area (Å²) in [6, 6.07) is 5.23. The van der Waals surface area contributed by atoms with E-state index < -0.39 is 5.97 Å². The van der Waals surface area contributed by atoms with Crippen molar-refractivity contribution in [3.05, 3.63) is 28.6 Å². The van der Waals surface area contributed by atoms with Crippen LogP contribution in [0.25, 0.3) is 10.1 Å². The molecule has 0 fully saturated rings. The van der Waals surface area contributed by atoms with Crippen LogP contribution in [0, 0.1) is 0 Å². The topological polar surface area (TPSA) is 69.4 Å². The van der Waals surface area contributed by atoms with Gasteiger partial charge in [-0.25, -0.2) is 4.79 Å². The molecule has 0 aliphatic rings. The number of ether oxygens (including phenoxy) is 1. The van der Waals surface area contributed by atoms with Crippen LogP contribution < -0.4 is 5.73 Å². The Labute approximate surface area is 108 Å². The second kappa shape index (κ2) is 4.78. The first kappa shape index (κ1) is 12.6. The van der Waals surface area contributed by atoms with E-state index in [-0.39, 0.29) is 5.78 Å². The molecule has 1 heterocycles. The normalized spacial score (nSPS) is 10.6. The van der Waals surface area contributed by atoms with E-state index in [4.69, 9.17) is 10.5 Å². The third-order valence-corrected chi connectivity index (χ3v) is 3.74. The first-order valence-electron chi connectivity index (χ1n) is 5.54. The van der Waals surface area contributed by atoms with Gasteiger partial charge in [-0.3, -0.25) is 4.79 Å². The Morgan fingerprint density at radius 1 is 1.39 bits per heavy atom. The summed E-state index contributed by atoms with van der Waals surface area (Å²) in [5, 5.41) is 0.785. The van der Waals surface area contributed by atoms with Crippen molar-refractivity contribution in [3.8, 4) is 0 Å². The summed E-state index contributed by atoms with van der Waals surface area (Å²) >= 11 is 1.25. The molecule has 1 aromatic carbocycles. The number of thiophene rings is 1. The number of carbonyl (C=O) groups is 2. The van der Waals surface area contributed by atoms with Crippen LogP contribution in [0.3, 0.4) is 0 Å². The fourth-order valence-corrected chi connectivity index (χ4v) is 2.74. The van der Waals surface area contributed by atoms with Crippen molar-refractivity contribution in [2.24, 2.45) is 0 Å². The van der Waals surface area contributed by atoms with Gasteiger partial charge >= 0.3 is 5.97 Å². The lowest BCUT2D eigenvalue weighted by atomic mass is 10.1. The third kappa shape index (κ3) is 2.09. The Morgan fingerprint density at radius 3 is 2.72 bits per heavy atom. The van der Waals surface area contributed by atoms with Gasteiger partial charge in [-0.15, -0.1) is 11.3 Å². The van der Waals surface area contributed by atoms with Gasteiger partial charge in [-0.1, -0.05) is 12.1 Å². The van der Waals surface area contributed by atoms with Crippen molar-refractivity contribution in [2.75, 3.05) is 12.3 Å². The summed E-state index contributed by atoms with van der Waals surface area (Å²) in [5.74, 6) is -0.429. The maximum atomic E-state index is 11.7. The number of nitrogens with two attached hydrogens (primary N) is 1. The van der Waals surface area contributed by atoms with Crippen LogP contribution >= 0.6 is 11.3 Å². The minimum Gasteiger partial charge on any atom is -0.462 e. The van der Waals surface area contributed by atoms with E-state index in [1.54, 1.807) is 25.1 Å². The number of rotatable bonds is 3. The molecule has 0 radical (unpaired) electrons. The molecule has 1 aromatic heterocycles. The molecule has 5 heteroatoms. The quantitative estimate of drug-likeness (QED) is 0.683. The van der Waals surface area contributed by atoms with Gasteiger partial charge in [-0.05, 0) is 19.9 Å². The highest BCUT2D eigenvalue weighted by Gasteiger charge is 2.17. The molecule has 0 saturated heterocycles. The van der Waals surface area contributed by atoms with Crippen LogP contribution in [0.2, 0.25) is 0 Å². The summed E-state index contributed by atoms with van der Waals surface area (Å²) in [4.78, 5) is 23.4.